The zero-order valence-corrected chi connectivity index (χ0v) is 10.9. The van der Waals surface area contributed by atoms with E-state index >= 15 is 0 Å². The first-order valence-corrected chi connectivity index (χ1v) is 5.16. The van der Waals surface area contributed by atoms with E-state index in [1.165, 1.54) is 0 Å². The molecule has 3 nitrogen and oxygen atoms in total. The van der Waals surface area contributed by atoms with Crippen LogP contribution >= 0.6 is 22.6 Å². The monoisotopic (exact) mass is 287 g/mol. The van der Waals surface area contributed by atoms with Crippen molar-refractivity contribution in [3.8, 4) is 0 Å². The number of rotatable bonds is 4. The zero-order chi connectivity index (χ0) is 6.41. The molecule has 0 aromatic carbocycles. The molecule has 58 valence electrons. The molecule has 0 heterocycles. The van der Waals surface area contributed by atoms with Gasteiger partial charge >= 0.3 is 29.6 Å². The van der Waals surface area contributed by atoms with Gasteiger partial charge < -0.3 is 13.9 Å². The summed E-state index contributed by atoms with van der Waals surface area (Å²) in [5.41, 5.74) is 0. The quantitative estimate of drug-likeness (QED) is 0.204. The van der Waals surface area contributed by atoms with Gasteiger partial charge in [-0.2, -0.15) is 0 Å². The summed E-state index contributed by atoms with van der Waals surface area (Å²) >= 11 is 2.23. The van der Waals surface area contributed by atoms with Crippen molar-refractivity contribution >= 4 is 33.3 Å². The summed E-state index contributed by atoms with van der Waals surface area (Å²) in [6, 6.07) is 0. The zero-order valence-electron chi connectivity index (χ0n) is 5.88. The summed E-state index contributed by atoms with van der Waals surface area (Å²) in [6.45, 7) is 0. The van der Waals surface area contributed by atoms with Crippen LogP contribution in [-0.4, -0.2) is 15.7 Å². The molecule has 0 fully saturated rings. The Morgan fingerprint density at radius 2 is 1.70 bits per heavy atom. The van der Waals surface area contributed by atoms with Gasteiger partial charge in [-0.15, -0.1) is 0 Å². The Bertz CT molecular complexity index is 109. The molecule has 0 saturated heterocycles. The molecule has 0 aliphatic carbocycles. The predicted octanol–water partition coefficient (Wildman–Crippen LogP) is -1.66. The van der Waals surface area contributed by atoms with Gasteiger partial charge in [-0.1, -0.05) is 45.5 Å². The second kappa shape index (κ2) is 13.2. The standard InChI is InChI=1S/C4H8IO2S.Na.H2O/c5-3-1-2-4-8(6)7;;/h1-4H2;;1H2/q-1;+1;/p-1. The van der Waals surface area contributed by atoms with Crippen LogP contribution in [0.4, 0.5) is 0 Å². The summed E-state index contributed by atoms with van der Waals surface area (Å²) in [4.78, 5) is 0. The third kappa shape index (κ3) is 16.3. The average Bonchev–Trinajstić information content (AvgIpc) is 1.66. The van der Waals surface area contributed by atoms with Crippen molar-refractivity contribution in [1.82, 2.24) is 0 Å². The van der Waals surface area contributed by atoms with Gasteiger partial charge in [0.25, 0.3) is 0 Å². The van der Waals surface area contributed by atoms with Crippen molar-refractivity contribution in [2.45, 2.75) is 12.8 Å². The molecule has 0 bridgehead atoms. The van der Waals surface area contributed by atoms with Crippen LogP contribution in [0, 0.1) is 0 Å². The third-order valence-corrected chi connectivity index (χ3v) is 2.08. The molecule has 0 aromatic heterocycles. The maximum absolute atomic E-state index is 9.87. The second-order valence-corrected chi connectivity index (χ2v) is 3.50. The molecule has 0 atom stereocenters. The van der Waals surface area contributed by atoms with E-state index in [1.807, 2.05) is 0 Å². The molecule has 0 aliphatic rings. The van der Waals surface area contributed by atoms with Crippen LogP contribution in [0.25, 0.3) is 0 Å². The van der Waals surface area contributed by atoms with Crippen LogP contribution < -0.4 is 29.6 Å². The molecule has 0 aliphatic heterocycles. The van der Waals surface area contributed by atoms with Gasteiger partial charge in [0, 0.05) is 0 Å². The molecule has 0 radical (unpaired) electrons. The minimum atomic E-state index is -1.82. The molecule has 6 heteroatoms. The minimum absolute atomic E-state index is 0. The third-order valence-electron chi connectivity index (χ3n) is 0.695. The number of unbranched alkanes of at least 4 members (excludes halogenated alkanes) is 1. The summed E-state index contributed by atoms with van der Waals surface area (Å²) in [7, 11) is -1.82. The van der Waals surface area contributed by atoms with E-state index in [0.29, 0.717) is 5.75 Å². The molecule has 0 aromatic rings. The van der Waals surface area contributed by atoms with Crippen molar-refractivity contribution in [2.24, 2.45) is 0 Å². The fourth-order valence-electron chi connectivity index (χ4n) is 0.314. The van der Waals surface area contributed by atoms with Gasteiger partial charge in [0.1, 0.15) is 0 Å². The SMILES string of the molecule is O=[S-](=O)CCCCI.[Na+].[OH-]. The number of alkyl halides is 1. The maximum atomic E-state index is 9.87. The first-order chi connectivity index (χ1) is 3.77. The van der Waals surface area contributed by atoms with E-state index in [0.717, 1.165) is 17.3 Å². The Morgan fingerprint density at radius 1 is 1.20 bits per heavy atom. The van der Waals surface area contributed by atoms with Gasteiger partial charge in [-0.25, -0.2) is 0 Å². The summed E-state index contributed by atoms with van der Waals surface area (Å²) < 4.78 is 20.8. The molecular formula is C4H9INaO3S-. The summed E-state index contributed by atoms with van der Waals surface area (Å²) in [5.74, 6) is 0.322. The van der Waals surface area contributed by atoms with Crippen LogP contribution in [0.5, 0.6) is 0 Å². The first-order valence-electron chi connectivity index (χ1n) is 2.39. The topological polar surface area (TPSA) is 64.1 Å². The van der Waals surface area contributed by atoms with Gasteiger partial charge in [0.05, 0.1) is 0 Å². The van der Waals surface area contributed by atoms with E-state index < -0.39 is 10.7 Å². The molecule has 0 spiro atoms. The van der Waals surface area contributed by atoms with Gasteiger partial charge in [-0.3, -0.25) is 0 Å². The molecule has 0 saturated carbocycles. The van der Waals surface area contributed by atoms with E-state index in [4.69, 9.17) is 0 Å². The normalized spacial score (nSPS) is 8.20. The van der Waals surface area contributed by atoms with Crippen LogP contribution in [0.3, 0.4) is 0 Å². The molecule has 0 amide bonds. The Kier molecular flexibility index (Phi) is 23.4. The predicted molar refractivity (Wildman–Crippen MR) is 43.7 cm³/mol. The molecule has 0 unspecified atom stereocenters. The van der Waals surface area contributed by atoms with Crippen LogP contribution in [0.1, 0.15) is 12.8 Å². The number of hydrogen-bond donors (Lipinski definition) is 0. The van der Waals surface area contributed by atoms with Crippen LogP contribution in [0.15, 0.2) is 0 Å². The van der Waals surface area contributed by atoms with E-state index in [1.54, 1.807) is 0 Å². The second-order valence-electron chi connectivity index (χ2n) is 1.40. The fraction of sp³-hybridized carbons (Fsp3) is 1.00. The Morgan fingerprint density at radius 3 is 2.00 bits per heavy atom. The van der Waals surface area contributed by atoms with E-state index in [9.17, 15) is 8.42 Å². The van der Waals surface area contributed by atoms with Gasteiger partial charge in [0.2, 0.25) is 0 Å². The first kappa shape index (κ1) is 17.7. The molecular weight excluding hydrogens is 278 g/mol. The Hall–Kier alpha value is 1.64. The molecule has 0 rings (SSSR count). The Balaban J connectivity index is -0.000000245. The number of halogens is 1. The minimum Gasteiger partial charge on any atom is -0.870 e. The van der Waals surface area contributed by atoms with Gasteiger partial charge in [-0.05, 0) is 10.8 Å². The Labute approximate surface area is 98.6 Å². The van der Waals surface area contributed by atoms with Crippen LogP contribution in [0.2, 0.25) is 0 Å². The van der Waals surface area contributed by atoms with Crippen molar-refractivity contribution in [1.29, 1.82) is 0 Å². The molecule has 10 heavy (non-hydrogen) atoms. The average molecular weight is 287 g/mol. The van der Waals surface area contributed by atoms with E-state index in [-0.39, 0.29) is 35.0 Å². The summed E-state index contributed by atoms with van der Waals surface area (Å²) in [5, 5.41) is 0. The van der Waals surface area contributed by atoms with Gasteiger partial charge in [0.15, 0.2) is 0 Å². The van der Waals surface area contributed by atoms with E-state index in [2.05, 4.69) is 22.6 Å². The van der Waals surface area contributed by atoms with Crippen molar-refractivity contribution in [3.63, 3.8) is 0 Å². The van der Waals surface area contributed by atoms with Crippen molar-refractivity contribution in [3.05, 3.63) is 0 Å². The number of hydrogen-bond acceptors (Lipinski definition) is 4. The summed E-state index contributed by atoms with van der Waals surface area (Å²) in [6.07, 6.45) is 1.81. The largest absolute Gasteiger partial charge is 1.00 e. The van der Waals surface area contributed by atoms with Crippen molar-refractivity contribution in [2.75, 3.05) is 10.2 Å². The van der Waals surface area contributed by atoms with Crippen molar-refractivity contribution < 1.29 is 43.5 Å². The molecule has 1 N–H and O–H groups in total. The maximum Gasteiger partial charge on any atom is 1.00 e. The smallest absolute Gasteiger partial charge is 0.870 e. The fourth-order valence-corrected chi connectivity index (χ4v) is 1.29. The van der Waals surface area contributed by atoms with Crippen LogP contribution in [-0.2, 0) is 19.1 Å².